The van der Waals surface area contributed by atoms with Crippen molar-refractivity contribution in [3.8, 4) is 11.3 Å². The Balaban J connectivity index is 1.53. The number of carbonyl (C=O) groups is 1. The maximum absolute atomic E-state index is 12.7. The minimum atomic E-state index is -3.33. The molecule has 0 spiro atoms. The van der Waals surface area contributed by atoms with Crippen LogP contribution in [0.5, 0.6) is 0 Å². The van der Waals surface area contributed by atoms with Crippen LogP contribution in [-0.2, 0) is 10.0 Å². The van der Waals surface area contributed by atoms with Gasteiger partial charge in [0.15, 0.2) is 10.8 Å². The fourth-order valence-electron chi connectivity index (χ4n) is 2.81. The van der Waals surface area contributed by atoms with E-state index in [1.807, 2.05) is 5.38 Å². The molecule has 3 aromatic heterocycles. The molecule has 1 amide bonds. The molecular weight excluding hydrogens is 412 g/mol. The second-order valence-electron chi connectivity index (χ2n) is 6.29. The predicted octanol–water partition coefficient (Wildman–Crippen LogP) is 2.79. The summed E-state index contributed by atoms with van der Waals surface area (Å²) in [7, 11) is -3.33. The number of sulfonamides is 1. The average molecular weight is 428 g/mol. The highest BCUT2D eigenvalue weighted by molar-refractivity contribution is 7.92. The molecule has 2 N–H and O–H groups in total. The second kappa shape index (κ2) is 7.26. The summed E-state index contributed by atoms with van der Waals surface area (Å²) in [6.07, 6.45) is 4.43. The van der Waals surface area contributed by atoms with Gasteiger partial charge >= 0.3 is 0 Å². The second-order valence-corrected chi connectivity index (χ2v) is 8.90. The summed E-state index contributed by atoms with van der Waals surface area (Å²) in [6, 6.07) is 8.57. The molecule has 0 saturated carbocycles. The average Bonchev–Trinajstić information content (AvgIpc) is 3.24. The maximum Gasteiger partial charge on any atom is 0.263 e. The third kappa shape index (κ3) is 4.10. The third-order valence-corrected chi connectivity index (χ3v) is 5.37. The van der Waals surface area contributed by atoms with Gasteiger partial charge in [-0.25, -0.2) is 22.9 Å². The molecule has 0 atom stereocenters. The molecule has 11 heteroatoms. The number of hydrogen-bond acceptors (Lipinski definition) is 7. The van der Waals surface area contributed by atoms with Gasteiger partial charge in [0.25, 0.3) is 5.91 Å². The van der Waals surface area contributed by atoms with Crippen molar-refractivity contribution in [3.63, 3.8) is 0 Å². The van der Waals surface area contributed by atoms with Crippen LogP contribution in [-0.4, -0.2) is 40.2 Å². The standard InChI is InChI=1S/C18H16N6O3S2/c1-11-15(16-19-8-3-9-24(16)22-11)17(25)21-18-20-14(10-28-18)12-4-6-13(7-5-12)23-29(2,26)27/h3-10,23H,1-2H3,(H,20,21,25). The molecule has 0 aliphatic heterocycles. The van der Waals surface area contributed by atoms with Gasteiger partial charge in [-0.3, -0.25) is 14.8 Å². The first-order valence-corrected chi connectivity index (χ1v) is 11.2. The van der Waals surface area contributed by atoms with Gasteiger partial charge in [-0.15, -0.1) is 11.3 Å². The van der Waals surface area contributed by atoms with E-state index in [2.05, 4.69) is 25.1 Å². The van der Waals surface area contributed by atoms with E-state index in [1.54, 1.807) is 54.2 Å². The van der Waals surface area contributed by atoms with Crippen LogP contribution >= 0.6 is 11.3 Å². The predicted molar refractivity (Wildman–Crippen MR) is 112 cm³/mol. The number of nitrogens with one attached hydrogen (secondary N) is 2. The number of fused-ring (bicyclic) bond motifs is 1. The van der Waals surface area contributed by atoms with Crippen molar-refractivity contribution in [2.75, 3.05) is 16.3 Å². The minimum Gasteiger partial charge on any atom is -0.298 e. The number of anilines is 2. The Morgan fingerprint density at radius 1 is 1.21 bits per heavy atom. The third-order valence-electron chi connectivity index (χ3n) is 4.01. The summed E-state index contributed by atoms with van der Waals surface area (Å²) in [5, 5.41) is 9.34. The molecule has 0 saturated heterocycles. The van der Waals surface area contributed by atoms with E-state index in [1.165, 1.54) is 11.3 Å². The van der Waals surface area contributed by atoms with E-state index in [0.717, 1.165) is 11.8 Å². The largest absolute Gasteiger partial charge is 0.298 e. The lowest BCUT2D eigenvalue weighted by Crippen LogP contribution is -2.13. The fraction of sp³-hybridized carbons (Fsp3) is 0.111. The highest BCUT2D eigenvalue weighted by Gasteiger charge is 2.19. The number of thiazole rings is 1. The lowest BCUT2D eigenvalue weighted by molar-refractivity contribution is 0.102. The molecule has 0 unspecified atom stereocenters. The lowest BCUT2D eigenvalue weighted by atomic mass is 10.1. The minimum absolute atomic E-state index is 0.329. The lowest BCUT2D eigenvalue weighted by Gasteiger charge is -2.04. The zero-order valence-electron chi connectivity index (χ0n) is 15.4. The Morgan fingerprint density at radius 3 is 2.69 bits per heavy atom. The zero-order chi connectivity index (χ0) is 20.6. The van der Waals surface area contributed by atoms with Crippen molar-refractivity contribution in [2.24, 2.45) is 0 Å². The van der Waals surface area contributed by atoms with Crippen LogP contribution in [0.15, 0.2) is 48.1 Å². The molecule has 4 rings (SSSR count). The quantitative estimate of drug-likeness (QED) is 0.505. The molecule has 0 fully saturated rings. The maximum atomic E-state index is 12.7. The van der Waals surface area contributed by atoms with Gasteiger partial charge in [0.05, 0.1) is 17.6 Å². The molecule has 3 heterocycles. The molecule has 0 bridgehead atoms. The highest BCUT2D eigenvalue weighted by atomic mass is 32.2. The van der Waals surface area contributed by atoms with Crippen LogP contribution in [0.1, 0.15) is 16.1 Å². The fourth-order valence-corrected chi connectivity index (χ4v) is 4.09. The molecule has 29 heavy (non-hydrogen) atoms. The Labute approximate surface area is 170 Å². The molecule has 0 radical (unpaired) electrons. The molecule has 9 nitrogen and oxygen atoms in total. The van der Waals surface area contributed by atoms with Crippen molar-refractivity contribution >= 4 is 43.7 Å². The molecular formula is C18H16N6O3S2. The summed E-state index contributed by atoms with van der Waals surface area (Å²) in [6.45, 7) is 1.75. The van der Waals surface area contributed by atoms with Crippen molar-refractivity contribution in [1.29, 1.82) is 0 Å². The van der Waals surface area contributed by atoms with E-state index in [0.29, 0.717) is 33.4 Å². The smallest absolute Gasteiger partial charge is 0.263 e. The van der Waals surface area contributed by atoms with Crippen LogP contribution in [0.4, 0.5) is 10.8 Å². The van der Waals surface area contributed by atoms with Crippen LogP contribution in [0.3, 0.4) is 0 Å². The number of carbonyl (C=O) groups excluding carboxylic acids is 1. The topological polar surface area (TPSA) is 118 Å². The summed E-state index contributed by atoms with van der Waals surface area (Å²) >= 11 is 1.29. The van der Waals surface area contributed by atoms with Gasteiger partial charge in [-0.2, -0.15) is 5.10 Å². The van der Waals surface area contributed by atoms with Crippen LogP contribution in [0, 0.1) is 6.92 Å². The SMILES string of the molecule is Cc1nn2cccnc2c1C(=O)Nc1nc(-c2ccc(NS(C)(=O)=O)cc2)cs1. The van der Waals surface area contributed by atoms with Crippen molar-refractivity contribution in [2.45, 2.75) is 6.92 Å². The number of amides is 1. The van der Waals surface area contributed by atoms with Gasteiger partial charge in [0.1, 0.15) is 5.56 Å². The Morgan fingerprint density at radius 2 is 1.97 bits per heavy atom. The van der Waals surface area contributed by atoms with Gasteiger partial charge in [0, 0.05) is 29.0 Å². The summed E-state index contributed by atoms with van der Waals surface area (Å²) in [5.74, 6) is -0.329. The normalized spacial score (nSPS) is 11.5. The van der Waals surface area contributed by atoms with Crippen LogP contribution in [0.25, 0.3) is 16.9 Å². The van der Waals surface area contributed by atoms with Crippen LogP contribution < -0.4 is 10.0 Å². The molecule has 4 aromatic rings. The first-order chi connectivity index (χ1) is 13.8. The number of nitrogens with zero attached hydrogens (tertiary/aromatic N) is 4. The van der Waals surface area contributed by atoms with E-state index in [-0.39, 0.29) is 5.91 Å². The number of hydrogen-bond donors (Lipinski definition) is 2. The monoisotopic (exact) mass is 428 g/mol. The van der Waals surface area contributed by atoms with Gasteiger partial charge in [-0.1, -0.05) is 12.1 Å². The zero-order valence-corrected chi connectivity index (χ0v) is 17.1. The van der Waals surface area contributed by atoms with Gasteiger partial charge < -0.3 is 0 Å². The Kier molecular flexibility index (Phi) is 4.76. The van der Waals surface area contributed by atoms with Gasteiger partial charge in [0.2, 0.25) is 10.0 Å². The van der Waals surface area contributed by atoms with Crippen LogP contribution in [0.2, 0.25) is 0 Å². The van der Waals surface area contributed by atoms with E-state index >= 15 is 0 Å². The van der Waals surface area contributed by atoms with Crippen molar-refractivity contribution < 1.29 is 13.2 Å². The van der Waals surface area contributed by atoms with E-state index in [4.69, 9.17) is 0 Å². The number of benzene rings is 1. The van der Waals surface area contributed by atoms with Gasteiger partial charge in [-0.05, 0) is 25.1 Å². The van der Waals surface area contributed by atoms with E-state index < -0.39 is 10.0 Å². The first-order valence-electron chi connectivity index (χ1n) is 8.45. The molecule has 0 aliphatic carbocycles. The molecule has 1 aromatic carbocycles. The summed E-state index contributed by atoms with van der Waals surface area (Å²) in [4.78, 5) is 21.4. The Bertz CT molecular complexity index is 1310. The van der Waals surface area contributed by atoms with Crippen molar-refractivity contribution in [3.05, 3.63) is 59.4 Å². The Hall–Kier alpha value is -3.31. The summed E-state index contributed by atoms with van der Waals surface area (Å²) in [5.41, 5.74) is 3.40. The molecule has 148 valence electrons. The number of aromatic nitrogens is 4. The molecule has 0 aliphatic rings. The van der Waals surface area contributed by atoms with E-state index in [9.17, 15) is 13.2 Å². The summed E-state index contributed by atoms with van der Waals surface area (Å²) < 4.78 is 26.6. The number of aryl methyl sites for hydroxylation is 1. The first kappa shape index (κ1) is 19.0. The highest BCUT2D eigenvalue weighted by Crippen LogP contribution is 2.27. The number of rotatable bonds is 5. The van der Waals surface area contributed by atoms with Crippen molar-refractivity contribution in [1.82, 2.24) is 19.6 Å².